The zero-order valence-electron chi connectivity index (χ0n) is 5.22. The Morgan fingerprint density at radius 1 is 0.625 bits per heavy atom. The minimum Gasteiger partial charge on any atom is -1.00 e. The van der Waals surface area contributed by atoms with Crippen molar-refractivity contribution in [2.75, 3.05) is 21.3 Å². The van der Waals surface area contributed by atoms with Crippen molar-refractivity contribution in [1.29, 1.82) is 0 Å². The zero-order valence-corrected chi connectivity index (χ0v) is 8.43. The van der Waals surface area contributed by atoms with E-state index in [2.05, 4.69) is 0 Å². The van der Waals surface area contributed by atoms with E-state index in [1.165, 1.54) is 0 Å². The Balaban J connectivity index is -0.00000000500. The summed E-state index contributed by atoms with van der Waals surface area (Å²) in [5.74, 6) is 0. The maximum absolute atomic E-state index is 7.00. The number of aliphatic hydroxyl groups excluding tert-OH is 3. The van der Waals surface area contributed by atoms with Gasteiger partial charge in [-0.3, -0.25) is 0 Å². The summed E-state index contributed by atoms with van der Waals surface area (Å²) in [7, 11) is 3.00. The molecule has 0 amide bonds. The first-order valence-electron chi connectivity index (χ1n) is 1.34. The van der Waals surface area contributed by atoms with E-state index < -0.39 is 0 Å². The first kappa shape index (κ1) is 35.7. The van der Waals surface area contributed by atoms with E-state index in [0.29, 0.717) is 0 Å². The third-order valence-electron chi connectivity index (χ3n) is 0. The van der Waals surface area contributed by atoms with E-state index in [9.17, 15) is 0 Å². The molecular formula is C3H12ClO3Zr-. The Bertz CT molecular complexity index is 14.5. The van der Waals surface area contributed by atoms with Crippen LogP contribution in [0, 0.1) is 0 Å². The van der Waals surface area contributed by atoms with E-state index in [0.717, 1.165) is 21.3 Å². The van der Waals surface area contributed by atoms with Crippen molar-refractivity contribution >= 4 is 0 Å². The molecule has 3 nitrogen and oxygen atoms in total. The fourth-order valence-corrected chi connectivity index (χ4v) is 0. The van der Waals surface area contributed by atoms with Gasteiger partial charge in [0.25, 0.3) is 0 Å². The third kappa shape index (κ3) is 233. The Labute approximate surface area is 75.3 Å². The van der Waals surface area contributed by atoms with Crippen LogP contribution in [-0.2, 0) is 26.2 Å². The monoisotopic (exact) mass is 221 g/mol. The molecule has 0 aliphatic rings. The van der Waals surface area contributed by atoms with Crippen LogP contribution < -0.4 is 12.4 Å². The molecule has 54 valence electrons. The van der Waals surface area contributed by atoms with E-state index in [4.69, 9.17) is 15.3 Å². The molecule has 0 aromatic heterocycles. The molecule has 0 aliphatic carbocycles. The molecule has 0 spiro atoms. The van der Waals surface area contributed by atoms with Crippen molar-refractivity contribution in [2.24, 2.45) is 0 Å². The van der Waals surface area contributed by atoms with Crippen molar-refractivity contribution in [3.63, 3.8) is 0 Å². The van der Waals surface area contributed by atoms with E-state index in [1.54, 1.807) is 0 Å². The molecule has 0 bridgehead atoms. The van der Waals surface area contributed by atoms with E-state index in [1.807, 2.05) is 0 Å². The molecule has 3 N–H and O–H groups in total. The molecule has 0 radical (unpaired) electrons. The van der Waals surface area contributed by atoms with Crippen LogP contribution in [0.4, 0.5) is 0 Å². The van der Waals surface area contributed by atoms with Gasteiger partial charge in [0.15, 0.2) is 0 Å². The summed E-state index contributed by atoms with van der Waals surface area (Å²) in [6, 6.07) is 0. The number of halogens is 1. The molecule has 8 heavy (non-hydrogen) atoms. The number of rotatable bonds is 0. The largest absolute Gasteiger partial charge is 1.00 e. The van der Waals surface area contributed by atoms with Crippen LogP contribution >= 0.6 is 0 Å². The molecule has 0 unspecified atom stereocenters. The summed E-state index contributed by atoms with van der Waals surface area (Å²) in [6.45, 7) is 0. The van der Waals surface area contributed by atoms with Gasteiger partial charge in [0.05, 0.1) is 0 Å². The van der Waals surface area contributed by atoms with Gasteiger partial charge in [-0.05, 0) is 0 Å². The van der Waals surface area contributed by atoms with Crippen LogP contribution in [0.15, 0.2) is 0 Å². The van der Waals surface area contributed by atoms with Crippen molar-refractivity contribution in [3.8, 4) is 0 Å². The van der Waals surface area contributed by atoms with Crippen LogP contribution in [0.3, 0.4) is 0 Å². The maximum atomic E-state index is 7.00. The van der Waals surface area contributed by atoms with Crippen LogP contribution in [-0.4, -0.2) is 36.6 Å². The van der Waals surface area contributed by atoms with E-state index >= 15 is 0 Å². The van der Waals surface area contributed by atoms with Gasteiger partial charge in [-0.2, -0.15) is 0 Å². The summed E-state index contributed by atoms with van der Waals surface area (Å²) >= 11 is 0. The van der Waals surface area contributed by atoms with Crippen LogP contribution in [0.1, 0.15) is 0 Å². The summed E-state index contributed by atoms with van der Waals surface area (Å²) < 4.78 is 0. The molecule has 0 heterocycles. The predicted molar refractivity (Wildman–Crippen MR) is 24.4 cm³/mol. The average molecular weight is 223 g/mol. The average Bonchev–Trinajstić information content (AvgIpc) is 1.81. The standard InChI is InChI=1S/3CH4O.ClH.Zr/c3*1-2;;/h3*2H,1H3;1H;/p-1. The number of hydrogen-bond acceptors (Lipinski definition) is 3. The Kier molecular flexibility index (Phi) is 1610. The van der Waals surface area contributed by atoms with Gasteiger partial charge in [-0.15, -0.1) is 0 Å². The fraction of sp³-hybridized carbons (Fsp3) is 1.00. The quantitative estimate of drug-likeness (QED) is 0.390. The number of aliphatic hydroxyl groups is 3. The van der Waals surface area contributed by atoms with Gasteiger partial charge in [0, 0.05) is 47.5 Å². The third-order valence-corrected chi connectivity index (χ3v) is 0. The van der Waals surface area contributed by atoms with Crippen molar-refractivity contribution < 1.29 is 53.9 Å². The molecule has 0 saturated carbocycles. The first-order chi connectivity index (χ1) is 3.00. The van der Waals surface area contributed by atoms with Crippen molar-refractivity contribution in [1.82, 2.24) is 0 Å². The molecule has 0 atom stereocenters. The van der Waals surface area contributed by atoms with Gasteiger partial charge in [0.2, 0.25) is 0 Å². The molecule has 0 rings (SSSR count). The summed E-state index contributed by atoms with van der Waals surface area (Å²) in [6.07, 6.45) is 0. The SMILES string of the molecule is CO.CO.CO.[Cl-].[Zr]. The molecule has 5 heteroatoms. The van der Waals surface area contributed by atoms with Crippen molar-refractivity contribution in [3.05, 3.63) is 0 Å². The van der Waals surface area contributed by atoms with Gasteiger partial charge < -0.3 is 27.7 Å². The molecule has 0 saturated heterocycles. The normalized spacial score (nSPS) is 2.25. The second-order valence-corrected chi connectivity index (χ2v) is 0. The topological polar surface area (TPSA) is 60.7 Å². The van der Waals surface area contributed by atoms with Gasteiger partial charge in [-0.1, -0.05) is 0 Å². The Hall–Kier alpha value is 1.05. The molecular weight excluding hydrogens is 211 g/mol. The molecule has 0 aliphatic heterocycles. The van der Waals surface area contributed by atoms with Gasteiger partial charge in [-0.25, -0.2) is 0 Å². The fourth-order valence-electron chi connectivity index (χ4n) is 0. The Morgan fingerprint density at radius 3 is 0.625 bits per heavy atom. The predicted octanol–water partition coefficient (Wildman–Crippen LogP) is -4.17. The Morgan fingerprint density at radius 2 is 0.625 bits per heavy atom. The maximum Gasteiger partial charge on any atom is 0.0319 e. The minimum absolute atomic E-state index is 0. The van der Waals surface area contributed by atoms with Crippen LogP contribution in [0.5, 0.6) is 0 Å². The minimum atomic E-state index is 0. The second-order valence-electron chi connectivity index (χ2n) is 0. The van der Waals surface area contributed by atoms with Crippen LogP contribution in [0.2, 0.25) is 0 Å². The molecule has 0 fully saturated rings. The molecule has 0 aromatic rings. The number of hydrogen-bond donors (Lipinski definition) is 3. The molecule has 0 aromatic carbocycles. The van der Waals surface area contributed by atoms with Gasteiger partial charge >= 0.3 is 0 Å². The van der Waals surface area contributed by atoms with Crippen molar-refractivity contribution in [2.45, 2.75) is 0 Å². The zero-order chi connectivity index (χ0) is 6.00. The second kappa shape index (κ2) is 361. The van der Waals surface area contributed by atoms with Gasteiger partial charge in [0.1, 0.15) is 0 Å². The first-order valence-corrected chi connectivity index (χ1v) is 1.34. The van der Waals surface area contributed by atoms with E-state index in [-0.39, 0.29) is 38.6 Å². The smallest absolute Gasteiger partial charge is 0.0319 e. The van der Waals surface area contributed by atoms with Crippen LogP contribution in [0.25, 0.3) is 0 Å². The summed E-state index contributed by atoms with van der Waals surface area (Å²) in [5, 5.41) is 21.0. The summed E-state index contributed by atoms with van der Waals surface area (Å²) in [4.78, 5) is 0. The summed E-state index contributed by atoms with van der Waals surface area (Å²) in [5.41, 5.74) is 0.